The maximum absolute atomic E-state index is 14.0. The van der Waals surface area contributed by atoms with Crippen molar-refractivity contribution in [2.24, 2.45) is 10.8 Å². The van der Waals surface area contributed by atoms with Crippen LogP contribution in [0.5, 0.6) is 11.5 Å². The van der Waals surface area contributed by atoms with Crippen molar-refractivity contribution in [2.75, 3.05) is 13.2 Å². The van der Waals surface area contributed by atoms with E-state index in [0.717, 1.165) is 44.9 Å². The standard InChI is InChI=1S/C30H39F5O3.C3H8/c1-5-6-10-20-11-13-21(14-12-20)38-22(19-30(29(2,3)4)15-8-7-9-16-30)36-17-18-37-28-26(34)24(32)23(31)25(33)27(28)35;1-3-2/h11-14,22H,5-10,15-19H2,1-4H3;3H2,1-2H3. The van der Waals surface area contributed by atoms with Crippen LogP contribution in [0.25, 0.3) is 0 Å². The highest BCUT2D eigenvalue weighted by molar-refractivity contribution is 5.30. The topological polar surface area (TPSA) is 27.7 Å². The van der Waals surface area contributed by atoms with Gasteiger partial charge in [-0.3, -0.25) is 0 Å². The maximum atomic E-state index is 14.0. The van der Waals surface area contributed by atoms with Crippen molar-refractivity contribution in [3.05, 3.63) is 58.9 Å². The van der Waals surface area contributed by atoms with E-state index in [1.807, 2.05) is 24.3 Å². The quantitative estimate of drug-likeness (QED) is 0.0814. The monoisotopic (exact) mass is 586 g/mol. The lowest BCUT2D eigenvalue weighted by molar-refractivity contribution is -0.133. The summed E-state index contributed by atoms with van der Waals surface area (Å²) >= 11 is 0. The summed E-state index contributed by atoms with van der Waals surface area (Å²) in [6.45, 7) is 12.4. The number of hydrogen-bond donors (Lipinski definition) is 0. The second kappa shape index (κ2) is 16.3. The summed E-state index contributed by atoms with van der Waals surface area (Å²) < 4.78 is 85.4. The van der Waals surface area contributed by atoms with Crippen LogP contribution in [0.15, 0.2) is 24.3 Å². The summed E-state index contributed by atoms with van der Waals surface area (Å²) in [6, 6.07) is 7.84. The van der Waals surface area contributed by atoms with E-state index in [-0.39, 0.29) is 17.4 Å². The fraction of sp³-hybridized carbons (Fsp3) is 0.636. The highest BCUT2D eigenvalue weighted by atomic mass is 19.2. The molecule has 0 amide bonds. The van der Waals surface area contributed by atoms with E-state index >= 15 is 0 Å². The van der Waals surface area contributed by atoms with Gasteiger partial charge < -0.3 is 14.2 Å². The van der Waals surface area contributed by atoms with E-state index in [4.69, 9.17) is 14.2 Å². The van der Waals surface area contributed by atoms with Crippen LogP contribution in [0.2, 0.25) is 0 Å². The predicted molar refractivity (Wildman–Crippen MR) is 153 cm³/mol. The first-order valence-electron chi connectivity index (χ1n) is 14.9. The van der Waals surface area contributed by atoms with Crippen LogP contribution in [-0.2, 0) is 11.2 Å². The van der Waals surface area contributed by atoms with Gasteiger partial charge in [0.1, 0.15) is 12.4 Å². The van der Waals surface area contributed by atoms with Crippen molar-refractivity contribution >= 4 is 0 Å². The van der Waals surface area contributed by atoms with Gasteiger partial charge in [-0.2, -0.15) is 8.78 Å². The number of hydrogen-bond acceptors (Lipinski definition) is 3. The highest BCUT2D eigenvalue weighted by Crippen LogP contribution is 2.53. The molecule has 2 aromatic carbocycles. The summed E-state index contributed by atoms with van der Waals surface area (Å²) in [4.78, 5) is 0. The van der Waals surface area contributed by atoms with E-state index < -0.39 is 47.7 Å². The molecule has 0 heterocycles. The SMILES string of the molecule is CCC.CCCCc1ccc(OC(CC2(C(C)(C)C)CCCCC2)OCCOc2c(F)c(F)c(F)c(F)c2F)cc1. The van der Waals surface area contributed by atoms with Crippen LogP contribution in [0.3, 0.4) is 0 Å². The van der Waals surface area contributed by atoms with Gasteiger partial charge in [0.25, 0.3) is 0 Å². The van der Waals surface area contributed by atoms with Crippen molar-refractivity contribution in [3.63, 3.8) is 0 Å². The molecule has 1 unspecified atom stereocenters. The molecule has 232 valence electrons. The first-order valence-corrected chi connectivity index (χ1v) is 14.9. The maximum Gasteiger partial charge on any atom is 0.206 e. The van der Waals surface area contributed by atoms with Crippen LogP contribution < -0.4 is 9.47 Å². The number of benzene rings is 2. The van der Waals surface area contributed by atoms with E-state index in [9.17, 15) is 22.0 Å². The number of ether oxygens (including phenoxy) is 3. The molecule has 0 bridgehead atoms. The molecule has 0 radical (unpaired) electrons. The Balaban J connectivity index is 0.00000187. The van der Waals surface area contributed by atoms with Gasteiger partial charge in [-0.25, -0.2) is 13.2 Å². The van der Waals surface area contributed by atoms with Gasteiger partial charge in [0.05, 0.1) is 6.61 Å². The Labute approximate surface area is 242 Å². The van der Waals surface area contributed by atoms with Gasteiger partial charge >= 0.3 is 0 Å². The largest absolute Gasteiger partial charge is 0.485 e. The van der Waals surface area contributed by atoms with E-state index in [1.54, 1.807) is 0 Å². The van der Waals surface area contributed by atoms with Gasteiger partial charge in [-0.15, -0.1) is 0 Å². The molecule has 0 saturated heterocycles. The Kier molecular flexibility index (Phi) is 13.9. The summed E-state index contributed by atoms with van der Waals surface area (Å²) in [7, 11) is 0. The molecule has 2 aromatic rings. The molecule has 8 heteroatoms. The van der Waals surface area contributed by atoms with Crippen molar-refractivity contribution < 1.29 is 36.2 Å². The Morgan fingerprint density at radius 1 is 0.780 bits per heavy atom. The Bertz CT molecular complexity index is 1030. The Morgan fingerprint density at radius 2 is 1.32 bits per heavy atom. The van der Waals surface area contributed by atoms with Gasteiger partial charge in [0.15, 0.2) is 5.75 Å². The van der Waals surface area contributed by atoms with Gasteiger partial charge in [-0.1, -0.05) is 85.8 Å². The van der Waals surface area contributed by atoms with Crippen LogP contribution in [-0.4, -0.2) is 19.5 Å². The number of halogens is 5. The summed E-state index contributed by atoms with van der Waals surface area (Å²) in [5.74, 6) is -11.0. The van der Waals surface area contributed by atoms with Gasteiger partial charge in [0, 0.05) is 6.42 Å². The molecule has 0 spiro atoms. The van der Waals surface area contributed by atoms with Crippen molar-refractivity contribution in [1.82, 2.24) is 0 Å². The minimum atomic E-state index is -2.22. The van der Waals surface area contributed by atoms with E-state index in [1.165, 1.54) is 18.4 Å². The zero-order chi connectivity index (χ0) is 30.6. The molecule has 41 heavy (non-hydrogen) atoms. The molecule has 1 aliphatic carbocycles. The first kappa shape index (κ1) is 34.8. The normalized spacial score (nSPS) is 15.6. The molecule has 0 aliphatic heterocycles. The van der Waals surface area contributed by atoms with Crippen LogP contribution in [0.1, 0.15) is 105 Å². The van der Waals surface area contributed by atoms with Gasteiger partial charge in [-0.05, 0) is 54.2 Å². The minimum Gasteiger partial charge on any atom is -0.485 e. The lowest BCUT2D eigenvalue weighted by Gasteiger charge is -2.49. The molecule has 3 rings (SSSR count). The fourth-order valence-electron chi connectivity index (χ4n) is 5.24. The zero-order valence-corrected chi connectivity index (χ0v) is 25.5. The van der Waals surface area contributed by atoms with E-state index in [2.05, 4.69) is 41.5 Å². The first-order chi connectivity index (χ1) is 19.4. The smallest absolute Gasteiger partial charge is 0.206 e. The molecular formula is C33H47F5O3. The third-order valence-corrected chi connectivity index (χ3v) is 7.77. The van der Waals surface area contributed by atoms with E-state index in [0.29, 0.717) is 12.2 Å². The average molecular weight is 587 g/mol. The van der Waals surface area contributed by atoms with Crippen LogP contribution in [0, 0.1) is 39.9 Å². The van der Waals surface area contributed by atoms with Crippen LogP contribution >= 0.6 is 0 Å². The van der Waals surface area contributed by atoms with Crippen molar-refractivity contribution in [3.8, 4) is 11.5 Å². The molecule has 3 nitrogen and oxygen atoms in total. The summed E-state index contributed by atoms with van der Waals surface area (Å²) in [5, 5.41) is 0. The van der Waals surface area contributed by atoms with Crippen LogP contribution in [0.4, 0.5) is 22.0 Å². The average Bonchev–Trinajstić information content (AvgIpc) is 2.94. The third-order valence-electron chi connectivity index (χ3n) is 7.77. The zero-order valence-electron chi connectivity index (χ0n) is 25.5. The molecule has 1 aliphatic rings. The number of rotatable bonds is 12. The lowest BCUT2D eigenvalue weighted by Crippen LogP contribution is -2.42. The molecule has 0 N–H and O–H groups in total. The number of unbranched alkanes of at least 4 members (excludes halogenated alkanes) is 1. The molecule has 1 atom stereocenters. The molecule has 0 aromatic heterocycles. The second-order valence-corrected chi connectivity index (χ2v) is 11.9. The lowest BCUT2D eigenvalue weighted by atomic mass is 9.57. The summed E-state index contributed by atoms with van der Waals surface area (Å²) in [5.41, 5.74) is 1.15. The van der Waals surface area contributed by atoms with Gasteiger partial charge in [0.2, 0.25) is 35.4 Å². The minimum absolute atomic E-state index is 0.0195. The Hall–Kier alpha value is -2.35. The molecule has 1 fully saturated rings. The second-order valence-electron chi connectivity index (χ2n) is 11.9. The predicted octanol–water partition coefficient (Wildman–Crippen LogP) is 10.3. The Morgan fingerprint density at radius 3 is 1.83 bits per heavy atom. The highest BCUT2D eigenvalue weighted by Gasteiger charge is 2.44. The third kappa shape index (κ3) is 9.59. The fourth-order valence-corrected chi connectivity index (χ4v) is 5.24. The number of aryl methyl sites for hydroxylation is 1. The summed E-state index contributed by atoms with van der Waals surface area (Å²) in [6.07, 6.45) is 9.80. The van der Waals surface area contributed by atoms with Crippen molar-refractivity contribution in [1.29, 1.82) is 0 Å². The molecule has 1 saturated carbocycles. The van der Waals surface area contributed by atoms with Crippen molar-refractivity contribution in [2.45, 2.75) is 112 Å². The molecular weight excluding hydrogens is 539 g/mol.